The van der Waals surface area contributed by atoms with E-state index in [-0.39, 0.29) is 11.7 Å². The van der Waals surface area contributed by atoms with E-state index in [0.717, 1.165) is 0 Å². The van der Waals surface area contributed by atoms with Crippen LogP contribution in [0.15, 0.2) is 18.2 Å². The maximum absolute atomic E-state index is 10.9. The van der Waals surface area contributed by atoms with Crippen LogP contribution in [-0.2, 0) is 9.59 Å². The zero-order valence-corrected chi connectivity index (χ0v) is 13.6. The average molecular weight is 352 g/mol. The van der Waals surface area contributed by atoms with Gasteiger partial charge in [-0.1, -0.05) is 29.3 Å². The first-order valence-electron chi connectivity index (χ1n) is 6.06. The molecular formula is C13H15Cl2NO4S. The topological polar surface area (TPSA) is 75.6 Å². The quantitative estimate of drug-likeness (QED) is 0.704. The Morgan fingerprint density at radius 1 is 1.38 bits per heavy atom. The van der Waals surface area contributed by atoms with Crippen LogP contribution in [0.4, 0.5) is 0 Å². The smallest absolute Gasteiger partial charge is 0.327 e. The number of ether oxygens (including phenoxy) is 1. The van der Waals surface area contributed by atoms with E-state index < -0.39 is 12.0 Å². The van der Waals surface area contributed by atoms with Crippen molar-refractivity contribution in [3.63, 3.8) is 0 Å². The number of carbonyl (C=O) groups is 2. The van der Waals surface area contributed by atoms with E-state index in [1.807, 2.05) is 0 Å². The summed E-state index contributed by atoms with van der Waals surface area (Å²) < 4.78 is 5.47. The zero-order valence-electron chi connectivity index (χ0n) is 11.3. The number of aliphatic carboxylic acids is 1. The lowest BCUT2D eigenvalue weighted by Crippen LogP contribution is -2.41. The maximum Gasteiger partial charge on any atom is 0.327 e. The molecule has 8 heteroatoms. The summed E-state index contributed by atoms with van der Waals surface area (Å²) >= 11 is 13.3. The van der Waals surface area contributed by atoms with Gasteiger partial charge in [0, 0.05) is 18.4 Å². The Hall–Kier alpha value is -1.11. The van der Waals surface area contributed by atoms with Crippen molar-refractivity contribution in [1.29, 1.82) is 0 Å². The minimum absolute atomic E-state index is 0.258. The summed E-state index contributed by atoms with van der Waals surface area (Å²) in [7, 11) is 0. The molecule has 0 saturated heterocycles. The normalized spacial score (nSPS) is 11.8. The summed E-state index contributed by atoms with van der Waals surface area (Å²) in [5.74, 6) is -0.215. The van der Waals surface area contributed by atoms with Gasteiger partial charge in [-0.25, -0.2) is 4.79 Å². The third-order valence-corrected chi connectivity index (χ3v) is 3.97. The Bertz CT molecular complexity index is 493. The van der Waals surface area contributed by atoms with E-state index in [9.17, 15) is 9.59 Å². The van der Waals surface area contributed by atoms with Crippen molar-refractivity contribution in [3.05, 3.63) is 28.2 Å². The summed E-state index contributed by atoms with van der Waals surface area (Å²) in [4.78, 5) is 21.8. The third-order valence-electron chi connectivity index (χ3n) is 2.35. The van der Waals surface area contributed by atoms with Crippen LogP contribution in [0, 0.1) is 0 Å². The average Bonchev–Trinajstić information content (AvgIpc) is 2.39. The van der Waals surface area contributed by atoms with Gasteiger partial charge in [-0.05, 0) is 12.1 Å². The minimum atomic E-state index is -1.06. The molecule has 1 atom stereocenters. The van der Waals surface area contributed by atoms with Gasteiger partial charge < -0.3 is 15.2 Å². The molecule has 0 aliphatic rings. The largest absolute Gasteiger partial charge is 0.490 e. The zero-order chi connectivity index (χ0) is 15.8. The number of amides is 1. The number of thioether (sulfide) groups is 1. The number of benzene rings is 1. The fourth-order valence-electron chi connectivity index (χ4n) is 1.44. The Kier molecular flexibility index (Phi) is 7.71. The summed E-state index contributed by atoms with van der Waals surface area (Å²) in [6.45, 7) is 1.61. The maximum atomic E-state index is 10.9. The van der Waals surface area contributed by atoms with E-state index in [0.29, 0.717) is 28.2 Å². The Labute approximate surface area is 136 Å². The second-order valence-electron chi connectivity index (χ2n) is 4.07. The summed E-state index contributed by atoms with van der Waals surface area (Å²) in [6.07, 6.45) is 0. The number of hydrogen-bond acceptors (Lipinski definition) is 4. The van der Waals surface area contributed by atoms with Crippen LogP contribution in [0.5, 0.6) is 5.75 Å². The number of rotatable bonds is 8. The van der Waals surface area contributed by atoms with Gasteiger partial charge in [0.25, 0.3) is 0 Å². The second-order valence-corrected chi connectivity index (χ2v) is 6.03. The molecule has 0 radical (unpaired) electrons. The van der Waals surface area contributed by atoms with Crippen LogP contribution in [0.25, 0.3) is 0 Å². The molecule has 2 N–H and O–H groups in total. The number of carboxylic acids is 1. The fraction of sp³-hybridized carbons (Fsp3) is 0.385. The molecule has 0 aromatic heterocycles. The van der Waals surface area contributed by atoms with Gasteiger partial charge in [-0.3, -0.25) is 4.79 Å². The van der Waals surface area contributed by atoms with Gasteiger partial charge in [-0.15, -0.1) is 0 Å². The molecule has 1 amide bonds. The molecule has 5 nitrogen and oxygen atoms in total. The lowest BCUT2D eigenvalue weighted by molar-refractivity contribution is -0.140. The first kappa shape index (κ1) is 17.9. The van der Waals surface area contributed by atoms with Crippen molar-refractivity contribution in [2.45, 2.75) is 13.0 Å². The molecule has 0 bridgehead atoms. The Morgan fingerprint density at radius 3 is 2.52 bits per heavy atom. The molecule has 0 saturated carbocycles. The van der Waals surface area contributed by atoms with Crippen molar-refractivity contribution < 1.29 is 19.4 Å². The molecule has 0 fully saturated rings. The lowest BCUT2D eigenvalue weighted by atomic mass is 10.3. The molecule has 21 heavy (non-hydrogen) atoms. The second kappa shape index (κ2) is 9.02. The highest BCUT2D eigenvalue weighted by atomic mass is 35.5. The standard InChI is InChI=1S/C13H15Cl2NO4S/c1-8(17)16-11(13(18)19)7-21-6-5-20-12-9(14)3-2-4-10(12)15/h2-4,11H,5-7H2,1H3,(H,16,17)(H,18,19)/t11-/m0/s1. The number of carboxylic acid groups (broad SMARTS) is 1. The van der Waals surface area contributed by atoms with Crippen LogP contribution >= 0.6 is 35.0 Å². The SMILES string of the molecule is CC(=O)N[C@@H](CSCCOc1c(Cl)cccc1Cl)C(=O)O. The highest BCUT2D eigenvalue weighted by Gasteiger charge is 2.17. The highest BCUT2D eigenvalue weighted by Crippen LogP contribution is 2.32. The van der Waals surface area contributed by atoms with E-state index in [1.54, 1.807) is 18.2 Å². The van der Waals surface area contributed by atoms with Gasteiger partial charge in [-0.2, -0.15) is 11.8 Å². The lowest BCUT2D eigenvalue weighted by Gasteiger charge is -2.13. The summed E-state index contributed by atoms with van der Waals surface area (Å²) in [5, 5.41) is 12.1. The molecule has 1 aromatic rings. The third kappa shape index (κ3) is 6.46. The van der Waals surface area contributed by atoms with Crippen LogP contribution in [0.1, 0.15) is 6.92 Å². The molecule has 1 aromatic carbocycles. The number of para-hydroxylation sites is 1. The molecule has 0 unspecified atom stereocenters. The van der Waals surface area contributed by atoms with Crippen LogP contribution in [0.2, 0.25) is 10.0 Å². The molecular weight excluding hydrogens is 337 g/mol. The molecule has 0 heterocycles. The van der Waals surface area contributed by atoms with Crippen molar-refractivity contribution in [3.8, 4) is 5.75 Å². The van der Waals surface area contributed by atoms with E-state index in [4.69, 9.17) is 33.0 Å². The number of hydrogen-bond donors (Lipinski definition) is 2. The number of carbonyl (C=O) groups excluding carboxylic acids is 1. The van der Waals surface area contributed by atoms with E-state index in [1.165, 1.54) is 18.7 Å². The minimum Gasteiger partial charge on any atom is -0.490 e. The monoisotopic (exact) mass is 351 g/mol. The van der Waals surface area contributed by atoms with Gasteiger partial charge in [0.15, 0.2) is 5.75 Å². The predicted molar refractivity (Wildman–Crippen MR) is 84.5 cm³/mol. The van der Waals surface area contributed by atoms with Crippen LogP contribution in [0.3, 0.4) is 0 Å². The highest BCUT2D eigenvalue weighted by molar-refractivity contribution is 7.99. The Balaban J connectivity index is 2.34. The van der Waals surface area contributed by atoms with E-state index in [2.05, 4.69) is 5.32 Å². The molecule has 116 valence electrons. The predicted octanol–water partition coefficient (Wildman–Crippen LogP) is 2.69. The van der Waals surface area contributed by atoms with Gasteiger partial charge in [0.2, 0.25) is 5.91 Å². The van der Waals surface area contributed by atoms with Crippen LogP contribution in [-0.4, -0.2) is 41.1 Å². The number of nitrogens with one attached hydrogen (secondary N) is 1. The van der Waals surface area contributed by atoms with Crippen LogP contribution < -0.4 is 10.1 Å². The summed E-state index contributed by atoms with van der Waals surface area (Å²) in [5.41, 5.74) is 0. The van der Waals surface area contributed by atoms with E-state index >= 15 is 0 Å². The Morgan fingerprint density at radius 2 is 2.00 bits per heavy atom. The van der Waals surface area contributed by atoms with Crippen molar-refractivity contribution in [2.75, 3.05) is 18.1 Å². The van der Waals surface area contributed by atoms with Gasteiger partial charge >= 0.3 is 5.97 Å². The number of halogens is 2. The summed E-state index contributed by atoms with van der Waals surface area (Å²) in [6, 6.07) is 4.16. The first-order valence-corrected chi connectivity index (χ1v) is 7.97. The van der Waals surface area contributed by atoms with Gasteiger partial charge in [0.1, 0.15) is 6.04 Å². The van der Waals surface area contributed by atoms with Crippen molar-refractivity contribution >= 4 is 46.8 Å². The van der Waals surface area contributed by atoms with Crippen molar-refractivity contribution in [1.82, 2.24) is 5.32 Å². The molecule has 0 spiro atoms. The molecule has 0 aliphatic carbocycles. The molecule has 0 aliphatic heterocycles. The fourth-order valence-corrected chi connectivity index (χ4v) is 2.78. The molecule has 1 rings (SSSR count). The van der Waals surface area contributed by atoms with Gasteiger partial charge in [0.05, 0.1) is 16.7 Å². The van der Waals surface area contributed by atoms with Crippen molar-refractivity contribution in [2.24, 2.45) is 0 Å². The first-order chi connectivity index (χ1) is 9.91.